The molecule has 2 aromatic carbocycles. The molecule has 4 nitrogen and oxygen atoms in total. The van der Waals surface area contributed by atoms with Gasteiger partial charge in [0.15, 0.2) is 0 Å². The SMILES string of the molecule is C\C=C/C(CC)=C(C)/C=C1\C(=O)Nc2cccc(C#CC(O)c3ccc(C)c(OC)c3)c21. The zero-order chi connectivity index (χ0) is 23.3. The van der Waals surface area contributed by atoms with E-state index in [1.807, 2.05) is 63.3 Å². The van der Waals surface area contributed by atoms with Gasteiger partial charge in [0.1, 0.15) is 11.9 Å². The number of nitrogens with one attached hydrogen (secondary N) is 1. The summed E-state index contributed by atoms with van der Waals surface area (Å²) in [5.74, 6) is 6.57. The number of fused-ring (bicyclic) bond motifs is 1. The van der Waals surface area contributed by atoms with E-state index >= 15 is 0 Å². The van der Waals surface area contributed by atoms with Gasteiger partial charge in [-0.15, -0.1) is 0 Å². The van der Waals surface area contributed by atoms with Crippen LogP contribution in [0.15, 0.2) is 65.8 Å². The maximum absolute atomic E-state index is 12.7. The van der Waals surface area contributed by atoms with E-state index in [4.69, 9.17) is 4.74 Å². The fourth-order valence-corrected chi connectivity index (χ4v) is 3.77. The quantitative estimate of drug-likeness (QED) is 0.364. The molecule has 1 heterocycles. The van der Waals surface area contributed by atoms with Crippen molar-refractivity contribution < 1.29 is 14.6 Å². The number of anilines is 1. The van der Waals surface area contributed by atoms with Gasteiger partial charge in [-0.2, -0.15) is 0 Å². The number of carbonyl (C=O) groups excluding carboxylic acids is 1. The molecular weight excluding hydrogens is 398 g/mol. The summed E-state index contributed by atoms with van der Waals surface area (Å²) in [4.78, 5) is 12.7. The minimum absolute atomic E-state index is 0.145. The lowest BCUT2D eigenvalue weighted by Crippen LogP contribution is -2.04. The number of carbonyl (C=O) groups is 1. The summed E-state index contributed by atoms with van der Waals surface area (Å²) in [6, 6.07) is 11.1. The molecule has 1 atom stereocenters. The van der Waals surface area contributed by atoms with Crippen LogP contribution in [0.2, 0.25) is 0 Å². The molecule has 0 aliphatic carbocycles. The van der Waals surface area contributed by atoms with Crippen molar-refractivity contribution in [1.29, 1.82) is 0 Å². The summed E-state index contributed by atoms with van der Waals surface area (Å²) in [5, 5.41) is 13.6. The number of ether oxygens (including phenoxy) is 1. The third kappa shape index (κ3) is 4.85. The van der Waals surface area contributed by atoms with Gasteiger partial charge in [0, 0.05) is 11.1 Å². The smallest absolute Gasteiger partial charge is 0.256 e. The Balaban J connectivity index is 2.02. The number of hydrogen-bond acceptors (Lipinski definition) is 3. The van der Waals surface area contributed by atoms with E-state index in [1.165, 1.54) is 5.57 Å². The molecule has 32 heavy (non-hydrogen) atoms. The van der Waals surface area contributed by atoms with Crippen LogP contribution >= 0.6 is 0 Å². The van der Waals surface area contributed by atoms with Crippen molar-refractivity contribution in [3.8, 4) is 17.6 Å². The number of rotatable bonds is 5. The maximum atomic E-state index is 12.7. The minimum Gasteiger partial charge on any atom is -0.496 e. The molecular formula is C28H29NO3. The van der Waals surface area contributed by atoms with E-state index in [0.717, 1.165) is 28.8 Å². The number of aryl methyl sites for hydroxylation is 1. The third-order valence-electron chi connectivity index (χ3n) is 5.53. The Bertz CT molecular complexity index is 1190. The van der Waals surface area contributed by atoms with Gasteiger partial charge in [0.2, 0.25) is 0 Å². The molecule has 1 unspecified atom stereocenters. The second-order valence-electron chi connectivity index (χ2n) is 7.70. The molecule has 164 valence electrons. The summed E-state index contributed by atoms with van der Waals surface area (Å²) < 4.78 is 5.35. The van der Waals surface area contributed by atoms with Gasteiger partial charge in [0.25, 0.3) is 5.91 Å². The van der Waals surface area contributed by atoms with Crippen LogP contribution in [-0.2, 0) is 4.79 Å². The highest BCUT2D eigenvalue weighted by atomic mass is 16.5. The number of aliphatic hydroxyl groups excluding tert-OH is 1. The standard InChI is InChI=1S/C28H29NO3/c1-6-9-20(7-2)19(4)16-23-27-21(10-8-11-24(27)29-28(23)31)14-15-25(30)22-13-12-18(3)26(17-22)32-5/h6,8-13,16-17,25,30H,7H2,1-5H3,(H,29,31)/b9-6-,20-19+,23-16-. The molecule has 0 saturated heterocycles. The molecule has 1 amide bonds. The normalized spacial score (nSPS) is 15.7. The Labute approximate surface area is 190 Å². The van der Waals surface area contributed by atoms with Crippen molar-refractivity contribution in [3.05, 3.63) is 88.0 Å². The van der Waals surface area contributed by atoms with E-state index in [2.05, 4.69) is 30.2 Å². The van der Waals surface area contributed by atoms with Gasteiger partial charge >= 0.3 is 0 Å². The van der Waals surface area contributed by atoms with Crippen LogP contribution in [0.4, 0.5) is 5.69 Å². The van der Waals surface area contributed by atoms with Crippen molar-refractivity contribution >= 4 is 17.2 Å². The first-order valence-electron chi connectivity index (χ1n) is 10.7. The van der Waals surface area contributed by atoms with E-state index in [9.17, 15) is 9.90 Å². The van der Waals surface area contributed by atoms with Gasteiger partial charge in [-0.1, -0.05) is 49.1 Å². The molecule has 1 aliphatic heterocycles. The van der Waals surface area contributed by atoms with Gasteiger partial charge in [-0.25, -0.2) is 0 Å². The predicted molar refractivity (Wildman–Crippen MR) is 130 cm³/mol. The molecule has 0 aromatic heterocycles. The highest BCUT2D eigenvalue weighted by molar-refractivity contribution is 6.32. The van der Waals surface area contributed by atoms with E-state index in [0.29, 0.717) is 22.4 Å². The molecule has 0 spiro atoms. The number of hydrogen-bond donors (Lipinski definition) is 2. The van der Waals surface area contributed by atoms with Crippen molar-refractivity contribution in [1.82, 2.24) is 0 Å². The maximum Gasteiger partial charge on any atom is 0.256 e. The van der Waals surface area contributed by atoms with Gasteiger partial charge < -0.3 is 15.2 Å². The average molecular weight is 428 g/mol. The second kappa shape index (κ2) is 10.2. The molecule has 0 bridgehead atoms. The molecule has 0 radical (unpaired) electrons. The van der Waals surface area contributed by atoms with Crippen molar-refractivity contribution in [2.75, 3.05) is 12.4 Å². The van der Waals surface area contributed by atoms with Gasteiger partial charge in [-0.05, 0) is 73.7 Å². The number of benzene rings is 2. The third-order valence-corrected chi connectivity index (χ3v) is 5.53. The van der Waals surface area contributed by atoms with E-state index < -0.39 is 6.10 Å². The number of aliphatic hydroxyl groups is 1. The molecule has 3 rings (SSSR count). The van der Waals surface area contributed by atoms with Crippen LogP contribution in [0.1, 0.15) is 55.5 Å². The molecule has 2 aromatic rings. The number of allylic oxidation sites excluding steroid dienone is 5. The first-order chi connectivity index (χ1) is 15.4. The molecule has 2 N–H and O–H groups in total. The lowest BCUT2D eigenvalue weighted by atomic mass is 9.96. The zero-order valence-corrected chi connectivity index (χ0v) is 19.2. The fourth-order valence-electron chi connectivity index (χ4n) is 3.77. The van der Waals surface area contributed by atoms with Crippen LogP contribution in [0.5, 0.6) is 5.75 Å². The Morgan fingerprint density at radius 3 is 2.75 bits per heavy atom. The summed E-state index contributed by atoms with van der Waals surface area (Å²) in [7, 11) is 1.60. The Kier molecular flexibility index (Phi) is 7.35. The van der Waals surface area contributed by atoms with E-state index in [1.54, 1.807) is 13.2 Å². The van der Waals surface area contributed by atoms with Crippen molar-refractivity contribution in [3.63, 3.8) is 0 Å². The Hall–Kier alpha value is -3.55. The van der Waals surface area contributed by atoms with Crippen molar-refractivity contribution in [2.45, 2.75) is 40.2 Å². The van der Waals surface area contributed by atoms with Crippen LogP contribution in [0.3, 0.4) is 0 Å². The van der Waals surface area contributed by atoms with Gasteiger partial charge in [-0.3, -0.25) is 4.79 Å². The lowest BCUT2D eigenvalue weighted by molar-refractivity contribution is -0.110. The average Bonchev–Trinajstić information content (AvgIpc) is 3.11. The highest BCUT2D eigenvalue weighted by Crippen LogP contribution is 2.35. The zero-order valence-electron chi connectivity index (χ0n) is 19.2. The van der Waals surface area contributed by atoms with E-state index in [-0.39, 0.29) is 5.91 Å². The lowest BCUT2D eigenvalue weighted by Gasteiger charge is -2.09. The topological polar surface area (TPSA) is 58.6 Å². The van der Waals surface area contributed by atoms with Crippen LogP contribution in [0, 0.1) is 18.8 Å². The highest BCUT2D eigenvalue weighted by Gasteiger charge is 2.26. The summed E-state index contributed by atoms with van der Waals surface area (Å²) in [6.45, 7) is 8.04. The van der Waals surface area contributed by atoms with Crippen molar-refractivity contribution in [2.24, 2.45) is 0 Å². The van der Waals surface area contributed by atoms with Crippen LogP contribution < -0.4 is 10.1 Å². The first kappa shape index (κ1) is 23.1. The second-order valence-corrected chi connectivity index (χ2v) is 7.70. The summed E-state index contributed by atoms with van der Waals surface area (Å²) in [5.41, 5.74) is 6.66. The Morgan fingerprint density at radius 1 is 1.28 bits per heavy atom. The number of methoxy groups -OCH3 is 1. The minimum atomic E-state index is -0.971. The largest absolute Gasteiger partial charge is 0.496 e. The monoisotopic (exact) mass is 427 g/mol. The molecule has 1 aliphatic rings. The predicted octanol–water partition coefficient (Wildman–Crippen LogP) is 5.73. The summed E-state index contributed by atoms with van der Waals surface area (Å²) in [6.07, 6.45) is 5.90. The van der Waals surface area contributed by atoms with Crippen LogP contribution in [-0.4, -0.2) is 18.1 Å². The molecule has 0 fully saturated rings. The van der Waals surface area contributed by atoms with Gasteiger partial charge in [0.05, 0.1) is 18.4 Å². The Morgan fingerprint density at radius 2 is 2.06 bits per heavy atom. The fraction of sp³-hybridized carbons (Fsp3) is 0.250. The summed E-state index contributed by atoms with van der Waals surface area (Å²) >= 11 is 0. The van der Waals surface area contributed by atoms with Crippen LogP contribution in [0.25, 0.3) is 5.57 Å². The first-order valence-corrected chi connectivity index (χ1v) is 10.7. The molecule has 0 saturated carbocycles. The molecule has 4 heteroatoms. The number of amides is 1.